The van der Waals surface area contributed by atoms with Crippen LogP contribution in [-0.4, -0.2) is 19.2 Å². The molecule has 24 heavy (non-hydrogen) atoms. The maximum atomic E-state index is 11.6. The van der Waals surface area contributed by atoms with E-state index in [4.69, 9.17) is 4.74 Å². The van der Waals surface area contributed by atoms with Crippen LogP contribution >= 0.6 is 0 Å². The van der Waals surface area contributed by atoms with Crippen LogP contribution in [0.2, 0.25) is 0 Å². The number of amides is 1. The third kappa shape index (κ3) is 6.67. The average Bonchev–Trinajstić information content (AvgIpc) is 2.63. The molecule has 2 aromatic carbocycles. The molecule has 0 spiro atoms. The molecule has 4 heteroatoms. The van der Waals surface area contributed by atoms with E-state index in [0.29, 0.717) is 6.54 Å². The van der Waals surface area contributed by atoms with Crippen molar-refractivity contribution >= 4 is 12.2 Å². The maximum absolute atomic E-state index is 11.6. The van der Waals surface area contributed by atoms with Gasteiger partial charge >= 0.3 is 6.09 Å². The predicted octanol–water partition coefficient (Wildman–Crippen LogP) is 3.74. The zero-order valence-corrected chi connectivity index (χ0v) is 14.0. The molecule has 0 saturated carbocycles. The minimum Gasteiger partial charge on any atom is -0.445 e. The highest BCUT2D eigenvalue weighted by Gasteiger charge is 2.00. The number of alkyl carbamates (subject to hydrolysis) is 1. The molecule has 0 aliphatic heterocycles. The van der Waals surface area contributed by atoms with E-state index in [9.17, 15) is 4.79 Å². The quantitative estimate of drug-likeness (QED) is 0.778. The molecule has 0 heterocycles. The summed E-state index contributed by atoms with van der Waals surface area (Å²) in [6.45, 7) is 4.62. The van der Waals surface area contributed by atoms with Crippen LogP contribution in [-0.2, 0) is 17.9 Å². The first-order valence-electron chi connectivity index (χ1n) is 8.18. The van der Waals surface area contributed by atoms with Gasteiger partial charge in [0.25, 0.3) is 0 Å². The molecule has 4 nitrogen and oxygen atoms in total. The van der Waals surface area contributed by atoms with Gasteiger partial charge in [-0.1, -0.05) is 73.7 Å². The molecule has 126 valence electrons. The Bertz CT molecular complexity index is 654. The molecule has 0 fully saturated rings. The van der Waals surface area contributed by atoms with Gasteiger partial charge in [0.15, 0.2) is 0 Å². The van der Waals surface area contributed by atoms with Crippen LogP contribution in [0.1, 0.15) is 23.6 Å². The maximum Gasteiger partial charge on any atom is 0.407 e. The van der Waals surface area contributed by atoms with E-state index < -0.39 is 6.09 Å². The van der Waals surface area contributed by atoms with Gasteiger partial charge in [0.1, 0.15) is 6.61 Å². The Balaban J connectivity index is 1.71. The Hall–Kier alpha value is -2.59. The second-order valence-electron chi connectivity index (χ2n) is 5.37. The van der Waals surface area contributed by atoms with E-state index in [1.54, 1.807) is 0 Å². The molecule has 0 aromatic heterocycles. The van der Waals surface area contributed by atoms with Gasteiger partial charge in [-0.15, -0.1) is 0 Å². The summed E-state index contributed by atoms with van der Waals surface area (Å²) in [6.07, 6.45) is 3.49. The van der Waals surface area contributed by atoms with E-state index in [2.05, 4.69) is 29.7 Å². The highest BCUT2D eigenvalue weighted by molar-refractivity contribution is 5.67. The van der Waals surface area contributed by atoms with Crippen molar-refractivity contribution in [2.45, 2.75) is 20.1 Å². The van der Waals surface area contributed by atoms with Crippen molar-refractivity contribution in [1.29, 1.82) is 0 Å². The Kier molecular flexibility index (Phi) is 7.57. The molecule has 2 N–H and O–H groups in total. The van der Waals surface area contributed by atoms with Crippen LogP contribution in [0.5, 0.6) is 0 Å². The van der Waals surface area contributed by atoms with E-state index in [1.807, 2.05) is 54.6 Å². The standard InChI is InChI=1S/C20H24N2O2/c1-2-21-15-19-11-6-10-17(14-19)12-7-13-22-20(23)24-16-18-8-4-3-5-9-18/h3-12,14,21H,2,13,15-16H2,1H3,(H,22,23). The summed E-state index contributed by atoms with van der Waals surface area (Å²) in [5.74, 6) is 0. The number of nitrogens with one attached hydrogen (secondary N) is 2. The minimum absolute atomic E-state index is 0.281. The summed E-state index contributed by atoms with van der Waals surface area (Å²) in [6, 6.07) is 17.9. The molecule has 2 rings (SSSR count). The Morgan fingerprint density at radius 3 is 2.67 bits per heavy atom. The normalized spacial score (nSPS) is 10.7. The molecule has 0 radical (unpaired) electrons. The third-order valence-electron chi connectivity index (χ3n) is 3.42. The summed E-state index contributed by atoms with van der Waals surface area (Å²) in [4.78, 5) is 11.6. The number of carbonyl (C=O) groups is 1. The fourth-order valence-electron chi connectivity index (χ4n) is 2.19. The van der Waals surface area contributed by atoms with Crippen molar-refractivity contribution in [3.63, 3.8) is 0 Å². The van der Waals surface area contributed by atoms with E-state index in [0.717, 1.165) is 24.2 Å². The fraction of sp³-hybridized carbons (Fsp3) is 0.250. The highest BCUT2D eigenvalue weighted by Crippen LogP contribution is 2.07. The van der Waals surface area contributed by atoms with Crippen molar-refractivity contribution in [2.75, 3.05) is 13.1 Å². The lowest BCUT2D eigenvalue weighted by molar-refractivity contribution is 0.141. The van der Waals surface area contributed by atoms with E-state index >= 15 is 0 Å². The first-order chi connectivity index (χ1) is 11.8. The van der Waals surface area contributed by atoms with Gasteiger partial charge in [-0.3, -0.25) is 0 Å². The lowest BCUT2D eigenvalue weighted by atomic mass is 10.1. The van der Waals surface area contributed by atoms with Crippen LogP contribution in [0, 0.1) is 0 Å². The van der Waals surface area contributed by atoms with Gasteiger partial charge in [0.05, 0.1) is 0 Å². The van der Waals surface area contributed by atoms with Gasteiger partial charge < -0.3 is 15.4 Å². The first kappa shape index (κ1) is 17.8. The van der Waals surface area contributed by atoms with Gasteiger partial charge in [-0.05, 0) is 23.2 Å². The molecule has 1 amide bonds. The summed E-state index contributed by atoms with van der Waals surface area (Å²) < 4.78 is 5.15. The second-order valence-corrected chi connectivity index (χ2v) is 5.37. The van der Waals surface area contributed by atoms with Crippen molar-refractivity contribution < 1.29 is 9.53 Å². The first-order valence-corrected chi connectivity index (χ1v) is 8.18. The van der Waals surface area contributed by atoms with Gasteiger partial charge in [-0.2, -0.15) is 0 Å². The van der Waals surface area contributed by atoms with E-state index in [-0.39, 0.29) is 6.61 Å². The van der Waals surface area contributed by atoms with Crippen molar-refractivity contribution in [2.24, 2.45) is 0 Å². The molecular formula is C20H24N2O2. The molecule has 0 aliphatic carbocycles. The number of ether oxygens (including phenoxy) is 1. The fourth-order valence-corrected chi connectivity index (χ4v) is 2.19. The van der Waals surface area contributed by atoms with Gasteiger partial charge in [-0.25, -0.2) is 4.79 Å². The minimum atomic E-state index is -0.413. The number of rotatable bonds is 8. The van der Waals surface area contributed by atoms with Gasteiger partial charge in [0, 0.05) is 13.1 Å². The molecule has 0 bridgehead atoms. The van der Waals surface area contributed by atoms with Crippen molar-refractivity contribution in [1.82, 2.24) is 10.6 Å². The number of hydrogen-bond acceptors (Lipinski definition) is 3. The summed E-state index contributed by atoms with van der Waals surface area (Å²) in [5.41, 5.74) is 3.33. The Labute approximate surface area is 143 Å². The molecule has 2 aromatic rings. The summed E-state index contributed by atoms with van der Waals surface area (Å²) >= 11 is 0. The van der Waals surface area contributed by atoms with Crippen LogP contribution < -0.4 is 10.6 Å². The largest absolute Gasteiger partial charge is 0.445 e. The summed E-state index contributed by atoms with van der Waals surface area (Å²) in [7, 11) is 0. The van der Waals surface area contributed by atoms with Crippen LogP contribution in [0.25, 0.3) is 6.08 Å². The van der Waals surface area contributed by atoms with Crippen LogP contribution in [0.3, 0.4) is 0 Å². The monoisotopic (exact) mass is 324 g/mol. The smallest absolute Gasteiger partial charge is 0.407 e. The topological polar surface area (TPSA) is 50.4 Å². The van der Waals surface area contributed by atoms with Crippen LogP contribution in [0.15, 0.2) is 60.7 Å². The lowest BCUT2D eigenvalue weighted by Gasteiger charge is -2.05. The molecular weight excluding hydrogens is 300 g/mol. The Morgan fingerprint density at radius 2 is 1.88 bits per heavy atom. The zero-order valence-electron chi connectivity index (χ0n) is 14.0. The van der Waals surface area contributed by atoms with Gasteiger partial charge in [0.2, 0.25) is 0 Å². The SMILES string of the molecule is CCNCc1cccc(C=CCNC(=O)OCc2ccccc2)c1. The van der Waals surface area contributed by atoms with Crippen molar-refractivity contribution in [3.8, 4) is 0 Å². The number of benzene rings is 2. The lowest BCUT2D eigenvalue weighted by Crippen LogP contribution is -2.24. The predicted molar refractivity (Wildman–Crippen MR) is 97.5 cm³/mol. The number of carbonyl (C=O) groups excluding carboxylic acids is 1. The molecule has 0 aliphatic rings. The van der Waals surface area contributed by atoms with Crippen molar-refractivity contribution in [3.05, 3.63) is 77.4 Å². The zero-order chi connectivity index (χ0) is 17.0. The Morgan fingerprint density at radius 1 is 1.08 bits per heavy atom. The molecule has 0 atom stereocenters. The molecule has 0 saturated heterocycles. The second kappa shape index (κ2) is 10.2. The number of hydrogen-bond donors (Lipinski definition) is 2. The highest BCUT2D eigenvalue weighted by atomic mass is 16.5. The summed E-state index contributed by atoms with van der Waals surface area (Å²) in [5, 5.41) is 6.02. The van der Waals surface area contributed by atoms with E-state index in [1.165, 1.54) is 5.56 Å². The van der Waals surface area contributed by atoms with Crippen LogP contribution in [0.4, 0.5) is 4.79 Å². The molecule has 0 unspecified atom stereocenters. The average molecular weight is 324 g/mol. The third-order valence-corrected chi connectivity index (χ3v) is 3.42.